The molecule has 0 bridgehead atoms. The molecule has 1 unspecified atom stereocenters. The zero-order chi connectivity index (χ0) is 17.0. The lowest BCUT2D eigenvalue weighted by Gasteiger charge is -2.13. The van der Waals surface area contributed by atoms with E-state index in [4.69, 9.17) is 0 Å². The molecule has 0 aliphatic carbocycles. The van der Waals surface area contributed by atoms with Gasteiger partial charge in [-0.2, -0.15) is 0 Å². The van der Waals surface area contributed by atoms with E-state index < -0.39 is 0 Å². The molecule has 1 atom stereocenters. The summed E-state index contributed by atoms with van der Waals surface area (Å²) in [7, 11) is 0. The lowest BCUT2D eigenvalue weighted by atomic mass is 9.93. The SMILES string of the molecule is C/C=C/C(C)=C\C(CCC(C)CC/C=C(\C)CC)=C(/C)CC. The van der Waals surface area contributed by atoms with Crippen molar-refractivity contribution in [2.45, 2.75) is 87.0 Å². The van der Waals surface area contributed by atoms with Gasteiger partial charge in [0.05, 0.1) is 0 Å². The van der Waals surface area contributed by atoms with Crippen LogP contribution in [0.2, 0.25) is 0 Å². The summed E-state index contributed by atoms with van der Waals surface area (Å²) in [4.78, 5) is 0. The van der Waals surface area contributed by atoms with Gasteiger partial charge in [-0.1, -0.05) is 61.8 Å². The first-order valence-electron chi connectivity index (χ1n) is 9.09. The van der Waals surface area contributed by atoms with Crippen LogP contribution in [-0.4, -0.2) is 0 Å². The Hall–Kier alpha value is -1.04. The van der Waals surface area contributed by atoms with Gasteiger partial charge in [0.2, 0.25) is 0 Å². The maximum absolute atomic E-state index is 2.42. The van der Waals surface area contributed by atoms with Crippen molar-refractivity contribution in [2.24, 2.45) is 5.92 Å². The van der Waals surface area contributed by atoms with Gasteiger partial charge in [0, 0.05) is 0 Å². The third kappa shape index (κ3) is 9.82. The van der Waals surface area contributed by atoms with Crippen molar-refractivity contribution in [3.8, 4) is 0 Å². The van der Waals surface area contributed by atoms with Crippen LogP contribution in [0.4, 0.5) is 0 Å². The third-order valence-electron chi connectivity index (χ3n) is 4.53. The Balaban J connectivity index is 4.56. The maximum Gasteiger partial charge on any atom is -0.0277 e. The largest absolute Gasteiger partial charge is 0.0874 e. The summed E-state index contributed by atoms with van der Waals surface area (Å²) in [5.74, 6) is 0.802. The molecule has 0 aliphatic rings. The lowest BCUT2D eigenvalue weighted by Crippen LogP contribution is -1.97. The molecular weight excluding hydrogens is 264 g/mol. The number of rotatable bonds is 10. The minimum absolute atomic E-state index is 0.802. The molecule has 22 heavy (non-hydrogen) atoms. The summed E-state index contributed by atoms with van der Waals surface area (Å²) in [6.07, 6.45) is 16.5. The Labute approximate surface area is 140 Å². The van der Waals surface area contributed by atoms with Gasteiger partial charge in [0.1, 0.15) is 0 Å². The van der Waals surface area contributed by atoms with Crippen molar-refractivity contribution >= 4 is 0 Å². The van der Waals surface area contributed by atoms with Gasteiger partial charge in [-0.25, -0.2) is 0 Å². The molecule has 0 radical (unpaired) electrons. The van der Waals surface area contributed by atoms with Gasteiger partial charge in [-0.15, -0.1) is 0 Å². The Bertz CT molecular complexity index is 415. The Morgan fingerprint density at radius 1 is 1.00 bits per heavy atom. The second kappa shape index (κ2) is 12.5. The monoisotopic (exact) mass is 302 g/mol. The van der Waals surface area contributed by atoms with Gasteiger partial charge in [0.25, 0.3) is 0 Å². The summed E-state index contributed by atoms with van der Waals surface area (Å²) in [5.41, 5.74) is 5.97. The van der Waals surface area contributed by atoms with Crippen LogP contribution in [0, 0.1) is 5.92 Å². The van der Waals surface area contributed by atoms with Crippen LogP contribution in [0.25, 0.3) is 0 Å². The Kier molecular flexibility index (Phi) is 11.9. The first-order chi connectivity index (χ1) is 10.4. The molecule has 0 amide bonds. The van der Waals surface area contributed by atoms with E-state index in [1.807, 2.05) is 0 Å². The first-order valence-corrected chi connectivity index (χ1v) is 9.09. The molecule has 0 heterocycles. The van der Waals surface area contributed by atoms with E-state index in [-0.39, 0.29) is 0 Å². The minimum Gasteiger partial charge on any atom is -0.0874 e. The highest BCUT2D eigenvalue weighted by Gasteiger charge is 2.05. The normalized spacial score (nSPS) is 16.1. The second-order valence-corrected chi connectivity index (χ2v) is 6.67. The van der Waals surface area contributed by atoms with Crippen molar-refractivity contribution in [1.29, 1.82) is 0 Å². The molecule has 0 fully saturated rings. The molecule has 0 aromatic carbocycles. The topological polar surface area (TPSA) is 0 Å². The molecule has 0 saturated heterocycles. The van der Waals surface area contributed by atoms with Gasteiger partial charge in [-0.3, -0.25) is 0 Å². The maximum atomic E-state index is 2.42. The molecule has 0 spiro atoms. The van der Waals surface area contributed by atoms with Gasteiger partial charge >= 0.3 is 0 Å². The van der Waals surface area contributed by atoms with Gasteiger partial charge in [-0.05, 0) is 77.7 Å². The van der Waals surface area contributed by atoms with Crippen molar-refractivity contribution in [3.63, 3.8) is 0 Å². The van der Waals surface area contributed by atoms with Crippen LogP contribution in [-0.2, 0) is 0 Å². The second-order valence-electron chi connectivity index (χ2n) is 6.67. The molecule has 126 valence electrons. The molecule has 0 aliphatic heterocycles. The van der Waals surface area contributed by atoms with E-state index >= 15 is 0 Å². The van der Waals surface area contributed by atoms with Crippen LogP contribution >= 0.6 is 0 Å². The molecule has 0 aromatic heterocycles. The molecule has 0 nitrogen and oxygen atoms in total. The highest BCUT2D eigenvalue weighted by molar-refractivity contribution is 5.31. The predicted octanol–water partition coefficient (Wildman–Crippen LogP) is 7.79. The number of hydrogen-bond donors (Lipinski definition) is 0. The zero-order valence-electron chi connectivity index (χ0n) is 16.1. The van der Waals surface area contributed by atoms with Crippen molar-refractivity contribution in [2.75, 3.05) is 0 Å². The highest BCUT2D eigenvalue weighted by atomic mass is 14.1. The van der Waals surface area contributed by atoms with Crippen LogP contribution in [0.1, 0.15) is 87.0 Å². The predicted molar refractivity (Wildman–Crippen MR) is 103 cm³/mol. The Morgan fingerprint density at radius 3 is 2.23 bits per heavy atom. The third-order valence-corrected chi connectivity index (χ3v) is 4.53. The number of hydrogen-bond acceptors (Lipinski definition) is 0. The van der Waals surface area contributed by atoms with E-state index in [0.29, 0.717) is 0 Å². The fourth-order valence-corrected chi connectivity index (χ4v) is 2.53. The summed E-state index contributed by atoms with van der Waals surface area (Å²) < 4.78 is 0. The Morgan fingerprint density at radius 2 is 1.68 bits per heavy atom. The van der Waals surface area contributed by atoms with Crippen molar-refractivity contribution in [3.05, 3.63) is 46.6 Å². The summed E-state index contributed by atoms with van der Waals surface area (Å²) in [6, 6.07) is 0. The molecule has 0 rings (SSSR count). The minimum atomic E-state index is 0.802. The van der Waals surface area contributed by atoms with E-state index in [1.54, 1.807) is 5.57 Å². The fourth-order valence-electron chi connectivity index (χ4n) is 2.53. The smallest absolute Gasteiger partial charge is 0.0277 e. The summed E-state index contributed by atoms with van der Waals surface area (Å²) >= 11 is 0. The van der Waals surface area contributed by atoms with E-state index in [9.17, 15) is 0 Å². The van der Waals surface area contributed by atoms with Crippen molar-refractivity contribution < 1.29 is 0 Å². The fraction of sp³-hybridized carbons (Fsp3) is 0.636. The quantitative estimate of drug-likeness (QED) is 0.285. The first kappa shape index (κ1) is 21.0. The number of allylic oxidation sites excluding steroid dienone is 8. The van der Waals surface area contributed by atoms with Gasteiger partial charge < -0.3 is 0 Å². The average molecular weight is 303 g/mol. The lowest BCUT2D eigenvalue weighted by molar-refractivity contribution is 0.496. The van der Waals surface area contributed by atoms with Gasteiger partial charge in [0.15, 0.2) is 0 Å². The highest BCUT2D eigenvalue weighted by Crippen LogP contribution is 2.23. The molecule has 0 saturated carbocycles. The molecule has 0 aromatic rings. The van der Waals surface area contributed by atoms with Crippen LogP contribution in [0.3, 0.4) is 0 Å². The van der Waals surface area contributed by atoms with Crippen LogP contribution in [0.15, 0.2) is 46.6 Å². The van der Waals surface area contributed by atoms with Crippen LogP contribution in [0.5, 0.6) is 0 Å². The van der Waals surface area contributed by atoms with E-state index in [2.05, 4.69) is 72.8 Å². The summed E-state index contributed by atoms with van der Waals surface area (Å²) in [5, 5.41) is 0. The molecule has 0 N–H and O–H groups in total. The zero-order valence-corrected chi connectivity index (χ0v) is 16.1. The van der Waals surface area contributed by atoms with E-state index in [1.165, 1.54) is 48.8 Å². The average Bonchev–Trinajstić information content (AvgIpc) is 2.50. The molecule has 0 heteroatoms. The standard InChI is InChI=1S/C22H38/c1-8-12-20(6)17-22(21(7)10-3)16-15-19(5)14-11-13-18(4)9-2/h8,12-13,17,19H,9-11,14-16H2,1-7H3/b12-8+,18-13+,20-17-,22-21+. The van der Waals surface area contributed by atoms with E-state index in [0.717, 1.165) is 12.3 Å². The summed E-state index contributed by atoms with van der Waals surface area (Å²) in [6.45, 7) is 15.7. The van der Waals surface area contributed by atoms with Crippen molar-refractivity contribution in [1.82, 2.24) is 0 Å². The molecular formula is C22H38. The van der Waals surface area contributed by atoms with Crippen LogP contribution < -0.4 is 0 Å².